The first kappa shape index (κ1) is 17.0. The molecule has 0 saturated carbocycles. The maximum Gasteiger partial charge on any atom is 0.339 e. The van der Waals surface area contributed by atoms with E-state index in [1.807, 2.05) is 48.5 Å². The number of carbonyl (C=O) groups excluding carboxylic acids is 1. The number of cyclic esters (lactones) is 1. The van der Waals surface area contributed by atoms with E-state index in [1.54, 1.807) is 6.08 Å². The molecule has 0 bridgehead atoms. The fourth-order valence-corrected chi connectivity index (χ4v) is 3.23. The van der Waals surface area contributed by atoms with Gasteiger partial charge in [0.1, 0.15) is 5.76 Å². The number of aryl methyl sites for hydroxylation is 1. The SMILES string of the molecule is C=CC(C1=C(O)C(CCCc2ccccc2)OC1=O)c1ccccc1. The minimum atomic E-state index is -0.558. The Labute approximate surface area is 148 Å². The molecule has 1 aliphatic rings. The Hall–Kier alpha value is -2.81. The topological polar surface area (TPSA) is 46.5 Å². The molecule has 0 radical (unpaired) electrons. The van der Waals surface area contributed by atoms with Crippen LogP contribution in [0.4, 0.5) is 0 Å². The van der Waals surface area contributed by atoms with Crippen molar-refractivity contribution in [3.63, 3.8) is 0 Å². The fourth-order valence-electron chi connectivity index (χ4n) is 3.23. The quantitative estimate of drug-likeness (QED) is 0.589. The number of ether oxygens (including phenoxy) is 1. The van der Waals surface area contributed by atoms with E-state index in [2.05, 4.69) is 18.7 Å². The predicted molar refractivity (Wildman–Crippen MR) is 98.3 cm³/mol. The summed E-state index contributed by atoms with van der Waals surface area (Å²) in [6.07, 6.45) is 3.45. The Kier molecular flexibility index (Phi) is 5.34. The third-order valence-electron chi connectivity index (χ3n) is 4.53. The highest BCUT2D eigenvalue weighted by Crippen LogP contribution is 2.35. The van der Waals surface area contributed by atoms with Crippen LogP contribution in [0, 0.1) is 0 Å². The summed E-state index contributed by atoms with van der Waals surface area (Å²) < 4.78 is 5.42. The number of rotatable bonds is 7. The largest absolute Gasteiger partial charge is 0.508 e. The standard InChI is InChI=1S/C22H22O3/c1-2-18(17-13-7-4-8-14-17)20-21(23)19(25-22(20)24)15-9-12-16-10-5-3-6-11-16/h2-8,10-11,13-14,18-19,23H,1,9,12,15H2. The lowest BCUT2D eigenvalue weighted by Crippen LogP contribution is -2.12. The zero-order valence-electron chi connectivity index (χ0n) is 14.1. The molecule has 0 amide bonds. The van der Waals surface area contributed by atoms with Crippen LogP contribution in [0.3, 0.4) is 0 Å². The van der Waals surface area contributed by atoms with Gasteiger partial charge in [0.25, 0.3) is 0 Å². The predicted octanol–water partition coefficient (Wildman–Crippen LogP) is 4.72. The van der Waals surface area contributed by atoms with Gasteiger partial charge >= 0.3 is 5.97 Å². The van der Waals surface area contributed by atoms with Crippen LogP contribution in [0.15, 0.2) is 84.7 Å². The number of aliphatic hydroxyl groups excluding tert-OH is 1. The smallest absolute Gasteiger partial charge is 0.339 e. The summed E-state index contributed by atoms with van der Waals surface area (Å²) in [5, 5.41) is 10.6. The van der Waals surface area contributed by atoms with Gasteiger partial charge in [0.2, 0.25) is 0 Å². The van der Waals surface area contributed by atoms with Gasteiger partial charge in [-0.2, -0.15) is 0 Å². The number of aliphatic hydroxyl groups is 1. The van der Waals surface area contributed by atoms with Crippen LogP contribution in [-0.2, 0) is 16.0 Å². The molecule has 0 fully saturated rings. The molecule has 0 spiro atoms. The molecule has 25 heavy (non-hydrogen) atoms. The maximum absolute atomic E-state index is 12.3. The molecule has 2 unspecified atom stereocenters. The Morgan fingerprint density at radius 1 is 1.08 bits per heavy atom. The molecule has 3 nitrogen and oxygen atoms in total. The van der Waals surface area contributed by atoms with Crippen LogP contribution >= 0.6 is 0 Å². The lowest BCUT2D eigenvalue weighted by molar-refractivity contribution is -0.140. The van der Waals surface area contributed by atoms with Gasteiger partial charge in [0.05, 0.1) is 5.57 Å². The summed E-state index contributed by atoms with van der Waals surface area (Å²) in [5.41, 5.74) is 2.47. The van der Waals surface area contributed by atoms with E-state index in [0.29, 0.717) is 12.0 Å². The van der Waals surface area contributed by atoms with E-state index in [1.165, 1.54) is 5.56 Å². The van der Waals surface area contributed by atoms with Crippen molar-refractivity contribution in [2.24, 2.45) is 0 Å². The highest BCUT2D eigenvalue weighted by atomic mass is 16.6. The van der Waals surface area contributed by atoms with Crippen molar-refractivity contribution >= 4 is 5.97 Å². The molecule has 1 heterocycles. The Bertz CT molecular complexity index is 762. The van der Waals surface area contributed by atoms with Gasteiger partial charge in [-0.1, -0.05) is 66.7 Å². The van der Waals surface area contributed by atoms with Crippen molar-refractivity contribution in [2.75, 3.05) is 0 Å². The number of hydrogen-bond donors (Lipinski definition) is 1. The molecule has 0 saturated heterocycles. The third kappa shape index (κ3) is 3.82. The van der Waals surface area contributed by atoms with Crippen LogP contribution in [0.1, 0.15) is 29.9 Å². The van der Waals surface area contributed by atoms with Crippen molar-refractivity contribution < 1.29 is 14.6 Å². The second-order valence-corrected chi connectivity index (χ2v) is 6.19. The molecule has 128 valence electrons. The van der Waals surface area contributed by atoms with E-state index >= 15 is 0 Å². The summed E-state index contributed by atoms with van der Waals surface area (Å²) in [6, 6.07) is 19.7. The van der Waals surface area contributed by atoms with E-state index in [0.717, 1.165) is 18.4 Å². The van der Waals surface area contributed by atoms with Crippen molar-refractivity contribution in [1.82, 2.24) is 0 Å². The minimum absolute atomic E-state index is 0.0480. The minimum Gasteiger partial charge on any atom is -0.508 e. The Balaban J connectivity index is 1.71. The van der Waals surface area contributed by atoms with E-state index in [-0.39, 0.29) is 11.7 Å². The van der Waals surface area contributed by atoms with Crippen molar-refractivity contribution in [2.45, 2.75) is 31.3 Å². The summed E-state index contributed by atoms with van der Waals surface area (Å²) >= 11 is 0. The van der Waals surface area contributed by atoms with Crippen LogP contribution in [-0.4, -0.2) is 17.2 Å². The van der Waals surface area contributed by atoms with Gasteiger partial charge in [-0.3, -0.25) is 0 Å². The van der Waals surface area contributed by atoms with E-state index in [9.17, 15) is 9.90 Å². The fraction of sp³-hybridized carbons (Fsp3) is 0.227. The van der Waals surface area contributed by atoms with Gasteiger partial charge in [-0.25, -0.2) is 4.79 Å². The zero-order chi connectivity index (χ0) is 17.6. The normalized spacial score (nSPS) is 18.1. The third-order valence-corrected chi connectivity index (χ3v) is 4.53. The van der Waals surface area contributed by atoms with Crippen molar-refractivity contribution in [1.29, 1.82) is 0 Å². The van der Waals surface area contributed by atoms with Gasteiger partial charge < -0.3 is 9.84 Å². The zero-order valence-corrected chi connectivity index (χ0v) is 14.1. The molecule has 2 aromatic rings. The molecule has 3 rings (SSSR count). The average molecular weight is 334 g/mol. The number of benzene rings is 2. The molecule has 0 aliphatic carbocycles. The second-order valence-electron chi connectivity index (χ2n) is 6.19. The van der Waals surface area contributed by atoms with Crippen molar-refractivity contribution in [3.05, 3.63) is 95.8 Å². The first-order valence-corrected chi connectivity index (χ1v) is 8.56. The number of allylic oxidation sites excluding steroid dienone is 1. The molecule has 2 aromatic carbocycles. The van der Waals surface area contributed by atoms with E-state index in [4.69, 9.17) is 4.74 Å². The molecule has 3 heteroatoms. The monoisotopic (exact) mass is 334 g/mol. The van der Waals surface area contributed by atoms with Crippen LogP contribution in [0.5, 0.6) is 0 Å². The Morgan fingerprint density at radius 2 is 1.72 bits per heavy atom. The van der Waals surface area contributed by atoms with E-state index < -0.39 is 12.1 Å². The lowest BCUT2D eigenvalue weighted by atomic mass is 9.90. The number of esters is 1. The summed E-state index contributed by atoms with van der Waals surface area (Å²) in [6.45, 7) is 3.82. The van der Waals surface area contributed by atoms with Crippen LogP contribution in [0.25, 0.3) is 0 Å². The Morgan fingerprint density at radius 3 is 2.36 bits per heavy atom. The maximum atomic E-state index is 12.3. The molecular formula is C22H22O3. The van der Waals surface area contributed by atoms with Crippen LogP contribution in [0.2, 0.25) is 0 Å². The molecular weight excluding hydrogens is 312 g/mol. The van der Waals surface area contributed by atoms with Gasteiger partial charge in [0, 0.05) is 5.92 Å². The molecule has 1 N–H and O–H groups in total. The first-order valence-electron chi connectivity index (χ1n) is 8.56. The van der Waals surface area contributed by atoms with Gasteiger partial charge in [-0.05, 0) is 30.4 Å². The summed E-state index contributed by atoms with van der Waals surface area (Å²) in [7, 11) is 0. The lowest BCUT2D eigenvalue weighted by Gasteiger charge is -2.12. The highest BCUT2D eigenvalue weighted by molar-refractivity contribution is 5.94. The number of carbonyl (C=O) groups is 1. The summed E-state index contributed by atoms with van der Waals surface area (Å²) in [5.74, 6) is -0.754. The molecule has 2 atom stereocenters. The molecule has 0 aromatic heterocycles. The molecule has 1 aliphatic heterocycles. The number of hydrogen-bond acceptors (Lipinski definition) is 3. The average Bonchev–Trinajstić information content (AvgIpc) is 2.92. The van der Waals surface area contributed by atoms with Crippen molar-refractivity contribution in [3.8, 4) is 0 Å². The highest BCUT2D eigenvalue weighted by Gasteiger charge is 2.37. The van der Waals surface area contributed by atoms with Gasteiger partial charge in [0.15, 0.2) is 6.10 Å². The first-order chi connectivity index (χ1) is 12.2. The second kappa shape index (κ2) is 7.84. The summed E-state index contributed by atoms with van der Waals surface area (Å²) in [4.78, 5) is 12.3. The van der Waals surface area contributed by atoms with Gasteiger partial charge in [-0.15, -0.1) is 6.58 Å². The van der Waals surface area contributed by atoms with Crippen LogP contribution < -0.4 is 0 Å².